The quantitative estimate of drug-likeness (QED) is 0.776. The summed E-state index contributed by atoms with van der Waals surface area (Å²) >= 11 is 0. The Morgan fingerprint density at radius 1 is 1.37 bits per heavy atom. The van der Waals surface area contributed by atoms with Crippen molar-refractivity contribution in [2.45, 2.75) is 65.5 Å². The van der Waals surface area contributed by atoms with Crippen molar-refractivity contribution in [1.82, 2.24) is 10.2 Å². The highest BCUT2D eigenvalue weighted by Crippen LogP contribution is 2.26. The van der Waals surface area contributed by atoms with Crippen molar-refractivity contribution in [3.63, 3.8) is 0 Å². The first-order chi connectivity index (χ1) is 8.86. The molecule has 1 N–H and O–H groups in total. The van der Waals surface area contributed by atoms with Crippen LogP contribution in [-0.2, 0) is 9.59 Å². The topological polar surface area (TPSA) is 49.4 Å². The van der Waals surface area contributed by atoms with Gasteiger partial charge in [0.25, 0.3) is 0 Å². The molecule has 0 aromatic rings. The SMILES string of the molecule is CCCC1NC(=O)C(C)(CC)N(CC=C(C)C)C1=O. The third-order valence-electron chi connectivity index (χ3n) is 3.90. The molecule has 2 atom stereocenters. The lowest BCUT2D eigenvalue weighted by Gasteiger charge is -2.45. The van der Waals surface area contributed by atoms with E-state index in [9.17, 15) is 9.59 Å². The normalized spacial score (nSPS) is 27.2. The van der Waals surface area contributed by atoms with Crippen LogP contribution >= 0.6 is 0 Å². The predicted molar refractivity (Wildman–Crippen MR) is 76.7 cm³/mol. The second kappa shape index (κ2) is 6.22. The molecule has 1 aliphatic heterocycles. The Balaban J connectivity index is 3.03. The van der Waals surface area contributed by atoms with Crippen molar-refractivity contribution in [3.05, 3.63) is 11.6 Å². The summed E-state index contributed by atoms with van der Waals surface area (Å²) in [7, 11) is 0. The van der Waals surface area contributed by atoms with E-state index >= 15 is 0 Å². The molecule has 0 saturated carbocycles. The Bertz CT molecular complexity index is 386. The molecule has 0 aromatic carbocycles. The molecule has 0 bridgehead atoms. The minimum absolute atomic E-state index is 0.0322. The van der Waals surface area contributed by atoms with Crippen molar-refractivity contribution in [2.75, 3.05) is 6.54 Å². The number of hydrogen-bond acceptors (Lipinski definition) is 2. The van der Waals surface area contributed by atoms with Crippen molar-refractivity contribution in [1.29, 1.82) is 0 Å². The monoisotopic (exact) mass is 266 g/mol. The van der Waals surface area contributed by atoms with E-state index in [0.717, 1.165) is 12.0 Å². The molecule has 1 heterocycles. The first-order valence-electron chi connectivity index (χ1n) is 7.12. The number of carbonyl (C=O) groups excluding carboxylic acids is 2. The molecule has 4 nitrogen and oxygen atoms in total. The van der Waals surface area contributed by atoms with E-state index in [4.69, 9.17) is 0 Å². The highest BCUT2D eigenvalue weighted by Gasteiger charge is 2.47. The van der Waals surface area contributed by atoms with Crippen LogP contribution in [0.3, 0.4) is 0 Å². The van der Waals surface area contributed by atoms with Crippen LogP contribution in [0.5, 0.6) is 0 Å². The fraction of sp³-hybridized carbons (Fsp3) is 0.733. The third kappa shape index (κ3) is 3.17. The maximum Gasteiger partial charge on any atom is 0.246 e. The summed E-state index contributed by atoms with van der Waals surface area (Å²) in [6, 6.07) is -0.359. The van der Waals surface area contributed by atoms with Gasteiger partial charge in [-0.3, -0.25) is 9.59 Å². The Hall–Kier alpha value is -1.32. The van der Waals surface area contributed by atoms with Gasteiger partial charge in [-0.25, -0.2) is 0 Å². The zero-order valence-corrected chi connectivity index (χ0v) is 12.7. The molecule has 19 heavy (non-hydrogen) atoms. The molecule has 0 aliphatic carbocycles. The predicted octanol–water partition coefficient (Wildman–Crippen LogP) is 2.25. The van der Waals surface area contributed by atoms with Crippen LogP contribution in [-0.4, -0.2) is 34.8 Å². The maximum atomic E-state index is 12.5. The number of rotatable bonds is 5. The standard InChI is InChI=1S/C15H26N2O2/c1-6-8-12-13(18)17(10-9-11(3)4)15(5,7-2)14(19)16-12/h9,12H,6-8,10H2,1-5H3,(H,16,19). The molecule has 2 amide bonds. The van der Waals surface area contributed by atoms with E-state index in [0.29, 0.717) is 19.4 Å². The van der Waals surface area contributed by atoms with E-state index in [2.05, 4.69) is 5.32 Å². The summed E-state index contributed by atoms with van der Waals surface area (Å²) in [6.07, 6.45) is 4.22. The summed E-state index contributed by atoms with van der Waals surface area (Å²) in [4.78, 5) is 26.6. The zero-order chi connectivity index (χ0) is 14.6. The Morgan fingerprint density at radius 3 is 2.47 bits per heavy atom. The van der Waals surface area contributed by atoms with Gasteiger partial charge < -0.3 is 10.2 Å². The molecule has 2 unspecified atom stereocenters. The van der Waals surface area contributed by atoms with Crippen molar-refractivity contribution in [3.8, 4) is 0 Å². The summed E-state index contributed by atoms with van der Waals surface area (Å²) in [5.41, 5.74) is 0.428. The van der Waals surface area contributed by atoms with Gasteiger partial charge in [-0.15, -0.1) is 0 Å². The van der Waals surface area contributed by atoms with E-state index in [-0.39, 0.29) is 17.9 Å². The Morgan fingerprint density at radius 2 is 2.00 bits per heavy atom. The third-order valence-corrected chi connectivity index (χ3v) is 3.90. The second-order valence-electron chi connectivity index (χ2n) is 5.67. The number of amides is 2. The molecule has 0 aromatic heterocycles. The van der Waals surface area contributed by atoms with Gasteiger partial charge in [-0.2, -0.15) is 0 Å². The molecule has 0 radical (unpaired) electrons. The number of hydrogen-bond donors (Lipinski definition) is 1. The lowest BCUT2D eigenvalue weighted by atomic mass is 9.89. The maximum absolute atomic E-state index is 12.5. The second-order valence-corrected chi connectivity index (χ2v) is 5.67. The van der Waals surface area contributed by atoms with Crippen molar-refractivity contribution < 1.29 is 9.59 Å². The number of allylic oxidation sites excluding steroid dienone is 1. The summed E-state index contributed by atoms with van der Waals surface area (Å²) in [5.74, 6) is 0.0125. The summed E-state index contributed by atoms with van der Waals surface area (Å²) in [5, 5.41) is 2.88. The number of nitrogens with zero attached hydrogens (tertiary/aromatic N) is 1. The van der Waals surface area contributed by atoms with Gasteiger partial charge >= 0.3 is 0 Å². The Kier molecular flexibility index (Phi) is 5.15. The van der Waals surface area contributed by atoms with Gasteiger partial charge in [0, 0.05) is 6.54 Å². The van der Waals surface area contributed by atoms with Crippen LogP contribution in [0.25, 0.3) is 0 Å². The summed E-state index contributed by atoms with van der Waals surface area (Å²) in [6.45, 7) is 10.3. The van der Waals surface area contributed by atoms with Gasteiger partial charge in [0.05, 0.1) is 0 Å². The lowest BCUT2D eigenvalue weighted by molar-refractivity contribution is -0.156. The van der Waals surface area contributed by atoms with Crippen LogP contribution in [0.2, 0.25) is 0 Å². The van der Waals surface area contributed by atoms with E-state index in [1.165, 1.54) is 0 Å². The Labute approximate surface area is 116 Å². The highest BCUT2D eigenvalue weighted by molar-refractivity contribution is 5.99. The molecular formula is C15H26N2O2. The van der Waals surface area contributed by atoms with Gasteiger partial charge in [0.2, 0.25) is 11.8 Å². The van der Waals surface area contributed by atoms with Gasteiger partial charge in [0.15, 0.2) is 0 Å². The van der Waals surface area contributed by atoms with E-state index in [1.54, 1.807) is 4.90 Å². The van der Waals surface area contributed by atoms with Crippen molar-refractivity contribution >= 4 is 11.8 Å². The molecule has 1 fully saturated rings. The summed E-state index contributed by atoms with van der Waals surface area (Å²) < 4.78 is 0. The minimum atomic E-state index is -0.729. The average Bonchev–Trinajstić information content (AvgIpc) is 2.35. The smallest absolute Gasteiger partial charge is 0.246 e. The van der Waals surface area contributed by atoms with Gasteiger partial charge in [-0.05, 0) is 33.6 Å². The first-order valence-corrected chi connectivity index (χ1v) is 7.12. The van der Waals surface area contributed by atoms with E-state index in [1.807, 2.05) is 40.7 Å². The van der Waals surface area contributed by atoms with Crippen LogP contribution in [0.4, 0.5) is 0 Å². The molecule has 1 saturated heterocycles. The lowest BCUT2D eigenvalue weighted by Crippen LogP contribution is -2.69. The highest BCUT2D eigenvalue weighted by atomic mass is 16.2. The average molecular weight is 266 g/mol. The molecule has 4 heteroatoms. The van der Waals surface area contributed by atoms with Crippen LogP contribution in [0.15, 0.2) is 11.6 Å². The molecule has 0 spiro atoms. The minimum Gasteiger partial charge on any atom is -0.342 e. The molecule has 1 rings (SSSR count). The molecule has 108 valence electrons. The number of piperazine rings is 1. The van der Waals surface area contributed by atoms with Gasteiger partial charge in [0.1, 0.15) is 11.6 Å². The van der Waals surface area contributed by atoms with Crippen LogP contribution < -0.4 is 5.32 Å². The largest absolute Gasteiger partial charge is 0.342 e. The van der Waals surface area contributed by atoms with Crippen molar-refractivity contribution in [2.24, 2.45) is 0 Å². The molecule has 1 aliphatic rings. The van der Waals surface area contributed by atoms with Crippen LogP contribution in [0, 0.1) is 0 Å². The molecular weight excluding hydrogens is 240 g/mol. The first kappa shape index (κ1) is 15.7. The number of nitrogens with one attached hydrogen (secondary N) is 1. The van der Waals surface area contributed by atoms with E-state index < -0.39 is 5.54 Å². The zero-order valence-electron chi connectivity index (χ0n) is 12.7. The fourth-order valence-corrected chi connectivity index (χ4v) is 2.33. The number of carbonyl (C=O) groups is 2. The van der Waals surface area contributed by atoms with Gasteiger partial charge in [-0.1, -0.05) is 31.9 Å². The van der Waals surface area contributed by atoms with Crippen LogP contribution in [0.1, 0.15) is 53.9 Å². The fourth-order valence-electron chi connectivity index (χ4n) is 2.33.